The lowest BCUT2D eigenvalue weighted by Gasteiger charge is -2.31. The number of nitrogens with one attached hydrogen (secondary N) is 1. The van der Waals surface area contributed by atoms with E-state index >= 15 is 0 Å². The molecule has 2 atom stereocenters. The van der Waals surface area contributed by atoms with Gasteiger partial charge in [0.1, 0.15) is 12.4 Å². The van der Waals surface area contributed by atoms with Gasteiger partial charge in [-0.1, -0.05) is 12.8 Å². The van der Waals surface area contributed by atoms with Gasteiger partial charge in [0.15, 0.2) is 11.7 Å². The summed E-state index contributed by atoms with van der Waals surface area (Å²) in [5.41, 5.74) is 0.617. The smallest absolute Gasteiger partial charge is 0.343 e. The first kappa shape index (κ1) is 24.6. The van der Waals surface area contributed by atoms with Crippen LogP contribution in [0.3, 0.4) is 0 Å². The van der Waals surface area contributed by atoms with Crippen molar-refractivity contribution in [3.05, 3.63) is 62.2 Å². The highest BCUT2D eigenvalue weighted by atomic mass is 19.1. The maximum absolute atomic E-state index is 14.5. The fourth-order valence-electron chi connectivity index (χ4n) is 4.97. The standard InChI is InChI=1S/C27H24FN3O6/c1-4-6-22(32)24(33)29-10-15-14-7-13(3)19(28)9-20(14)30-23-16(15)11-31-21(23)8-18-17(25(31)34)12-37-26(35)27(18,36)5-2/h7-9,22,32,36H,5,10-12H2,1-3H3,(H,29,33)/t22-,27-/m0/s1. The number of nitrogens with zero attached hydrogens (tertiary/aromatic N) is 2. The number of ether oxygens (including phenoxy) is 1. The van der Waals surface area contributed by atoms with Gasteiger partial charge in [-0.15, -0.1) is 5.92 Å². The fraction of sp³-hybridized carbons (Fsp3) is 0.333. The number of amides is 1. The molecule has 37 heavy (non-hydrogen) atoms. The normalized spacial score (nSPS) is 18.3. The number of aryl methyl sites for hydroxylation is 1. The molecule has 2 aromatic heterocycles. The topological polar surface area (TPSA) is 131 Å². The molecule has 0 unspecified atom stereocenters. The zero-order valence-corrected chi connectivity index (χ0v) is 20.4. The minimum atomic E-state index is -1.97. The first-order valence-electron chi connectivity index (χ1n) is 11.8. The second-order valence-corrected chi connectivity index (χ2v) is 9.15. The molecule has 2 aliphatic rings. The number of halogens is 1. The predicted octanol–water partition coefficient (Wildman–Crippen LogP) is 1.53. The van der Waals surface area contributed by atoms with E-state index in [1.165, 1.54) is 17.6 Å². The van der Waals surface area contributed by atoms with Crippen LogP contribution in [0.1, 0.15) is 48.1 Å². The van der Waals surface area contributed by atoms with Crippen molar-refractivity contribution in [2.45, 2.75) is 58.6 Å². The highest BCUT2D eigenvalue weighted by Crippen LogP contribution is 2.40. The molecule has 2 aliphatic heterocycles. The third-order valence-corrected chi connectivity index (χ3v) is 7.05. The van der Waals surface area contributed by atoms with Crippen LogP contribution in [0.5, 0.6) is 0 Å². The first-order chi connectivity index (χ1) is 17.6. The van der Waals surface area contributed by atoms with Crippen molar-refractivity contribution in [3.63, 3.8) is 0 Å². The summed E-state index contributed by atoms with van der Waals surface area (Å²) in [6, 6.07) is 4.48. The molecule has 0 aliphatic carbocycles. The number of hydrogen-bond acceptors (Lipinski definition) is 7. The average molecular weight is 506 g/mol. The van der Waals surface area contributed by atoms with E-state index in [4.69, 9.17) is 4.74 Å². The molecule has 190 valence electrons. The maximum Gasteiger partial charge on any atom is 0.343 e. The number of esters is 1. The number of benzene rings is 1. The number of aliphatic hydroxyl groups excluding tert-OH is 1. The fourth-order valence-corrected chi connectivity index (χ4v) is 4.97. The van der Waals surface area contributed by atoms with Crippen LogP contribution >= 0.6 is 0 Å². The Hall–Kier alpha value is -4.07. The molecule has 9 nitrogen and oxygen atoms in total. The molecule has 3 N–H and O–H groups in total. The van der Waals surface area contributed by atoms with Gasteiger partial charge in [-0.25, -0.2) is 14.2 Å². The lowest BCUT2D eigenvalue weighted by molar-refractivity contribution is -0.172. The molecule has 0 bridgehead atoms. The van der Waals surface area contributed by atoms with Crippen molar-refractivity contribution < 1.29 is 28.9 Å². The van der Waals surface area contributed by atoms with Gasteiger partial charge < -0.3 is 24.8 Å². The minimum Gasteiger partial charge on any atom is -0.458 e. The Labute approximate surface area is 210 Å². The molecule has 10 heteroatoms. The van der Waals surface area contributed by atoms with E-state index in [9.17, 15) is 29.0 Å². The first-order valence-corrected chi connectivity index (χ1v) is 11.8. The van der Waals surface area contributed by atoms with Crippen LogP contribution in [-0.2, 0) is 39.6 Å². The Kier molecular flexibility index (Phi) is 5.85. The molecule has 0 spiro atoms. The summed E-state index contributed by atoms with van der Waals surface area (Å²) in [6.07, 6.45) is -1.51. The number of carbonyl (C=O) groups is 2. The van der Waals surface area contributed by atoms with E-state index < -0.39 is 35.0 Å². The van der Waals surface area contributed by atoms with Crippen molar-refractivity contribution >= 4 is 22.8 Å². The Morgan fingerprint density at radius 1 is 1.32 bits per heavy atom. The predicted molar refractivity (Wildman–Crippen MR) is 131 cm³/mol. The highest BCUT2D eigenvalue weighted by molar-refractivity contribution is 5.90. The van der Waals surface area contributed by atoms with E-state index in [2.05, 4.69) is 22.1 Å². The number of hydrogen-bond donors (Lipinski definition) is 3. The van der Waals surface area contributed by atoms with Crippen LogP contribution in [0.2, 0.25) is 0 Å². The zero-order valence-electron chi connectivity index (χ0n) is 20.4. The average Bonchev–Trinajstić information content (AvgIpc) is 3.24. The van der Waals surface area contributed by atoms with E-state index in [0.29, 0.717) is 39.0 Å². The van der Waals surface area contributed by atoms with Gasteiger partial charge in [0.05, 0.1) is 29.0 Å². The Morgan fingerprint density at radius 2 is 2.08 bits per heavy atom. The van der Waals surface area contributed by atoms with Gasteiger partial charge in [0.2, 0.25) is 0 Å². The molecule has 0 fully saturated rings. The molecule has 5 rings (SSSR count). The van der Waals surface area contributed by atoms with Crippen LogP contribution in [0.4, 0.5) is 4.39 Å². The summed E-state index contributed by atoms with van der Waals surface area (Å²) in [5.74, 6) is 2.88. The summed E-state index contributed by atoms with van der Waals surface area (Å²) >= 11 is 0. The molecule has 0 saturated carbocycles. The van der Waals surface area contributed by atoms with Gasteiger partial charge in [-0.3, -0.25) is 9.59 Å². The Morgan fingerprint density at radius 3 is 2.78 bits per heavy atom. The second kappa shape index (κ2) is 8.80. The number of rotatable bonds is 4. The Bertz CT molecular complexity index is 1630. The molecular weight excluding hydrogens is 481 g/mol. The number of pyridine rings is 2. The number of fused-ring (bicyclic) bond motifs is 5. The summed E-state index contributed by atoms with van der Waals surface area (Å²) in [6.45, 7) is 4.55. The lowest BCUT2D eigenvalue weighted by atomic mass is 9.86. The van der Waals surface area contributed by atoms with Crippen molar-refractivity contribution in [2.75, 3.05) is 0 Å². The van der Waals surface area contributed by atoms with Gasteiger partial charge in [-0.2, -0.15) is 0 Å². The zero-order chi connectivity index (χ0) is 26.6. The molecule has 4 heterocycles. The SMILES string of the molecule is CC#C[C@H](O)C(=O)NCc1c2c(nc3cc(F)c(C)cc13)-c1cc3c(c(=O)n1C2)COC(=O)[C@]3(O)CC. The molecule has 1 aromatic carbocycles. The third-order valence-electron chi connectivity index (χ3n) is 7.05. The number of aliphatic hydroxyl groups is 2. The Balaban J connectivity index is 1.72. The monoisotopic (exact) mass is 505 g/mol. The second-order valence-electron chi connectivity index (χ2n) is 9.15. The van der Waals surface area contributed by atoms with Crippen LogP contribution in [0.25, 0.3) is 22.3 Å². The van der Waals surface area contributed by atoms with Crippen LogP contribution < -0.4 is 10.9 Å². The van der Waals surface area contributed by atoms with E-state index in [1.807, 2.05) is 0 Å². The van der Waals surface area contributed by atoms with Gasteiger partial charge >= 0.3 is 5.97 Å². The van der Waals surface area contributed by atoms with Crippen LogP contribution in [0.15, 0.2) is 23.0 Å². The van der Waals surface area contributed by atoms with Crippen LogP contribution in [-0.4, -0.2) is 37.7 Å². The minimum absolute atomic E-state index is 0.00445. The molecule has 0 saturated heterocycles. The third kappa shape index (κ3) is 3.70. The summed E-state index contributed by atoms with van der Waals surface area (Å²) in [5, 5.41) is 24.2. The number of cyclic esters (lactones) is 1. The molecule has 1 amide bonds. The summed E-state index contributed by atoms with van der Waals surface area (Å²) in [7, 11) is 0. The molecule has 3 aromatic rings. The summed E-state index contributed by atoms with van der Waals surface area (Å²) < 4.78 is 21.1. The molecular formula is C27H24FN3O6. The van der Waals surface area contributed by atoms with Crippen LogP contribution in [0, 0.1) is 24.6 Å². The largest absolute Gasteiger partial charge is 0.458 e. The van der Waals surface area contributed by atoms with Gasteiger partial charge in [0.25, 0.3) is 11.5 Å². The maximum atomic E-state index is 14.5. The quantitative estimate of drug-likeness (QED) is 0.283. The lowest BCUT2D eigenvalue weighted by Crippen LogP contribution is -2.44. The number of aromatic nitrogens is 2. The van der Waals surface area contributed by atoms with E-state index in [1.54, 1.807) is 26.0 Å². The highest BCUT2D eigenvalue weighted by Gasteiger charge is 2.45. The van der Waals surface area contributed by atoms with E-state index in [0.717, 1.165) is 0 Å². The van der Waals surface area contributed by atoms with Crippen molar-refractivity contribution in [3.8, 4) is 23.2 Å². The van der Waals surface area contributed by atoms with Crippen molar-refractivity contribution in [1.82, 2.24) is 14.9 Å². The van der Waals surface area contributed by atoms with E-state index in [-0.39, 0.29) is 37.2 Å². The van der Waals surface area contributed by atoms with Crippen molar-refractivity contribution in [1.29, 1.82) is 0 Å². The van der Waals surface area contributed by atoms with Gasteiger partial charge in [-0.05, 0) is 43.5 Å². The van der Waals surface area contributed by atoms with Gasteiger partial charge in [0, 0.05) is 29.1 Å². The van der Waals surface area contributed by atoms with Crippen molar-refractivity contribution in [2.24, 2.45) is 0 Å². The number of carbonyl (C=O) groups excluding carboxylic acids is 2. The summed E-state index contributed by atoms with van der Waals surface area (Å²) in [4.78, 5) is 42.9. The molecule has 0 radical (unpaired) electrons.